The summed E-state index contributed by atoms with van der Waals surface area (Å²) < 4.78 is 5.53. The second-order valence-corrected chi connectivity index (χ2v) is 6.42. The van der Waals surface area contributed by atoms with Crippen LogP contribution >= 0.6 is 0 Å². The molecule has 126 valence electrons. The fourth-order valence-corrected chi connectivity index (χ4v) is 3.65. The van der Waals surface area contributed by atoms with Gasteiger partial charge in [-0.05, 0) is 43.0 Å². The van der Waals surface area contributed by atoms with Gasteiger partial charge in [0.1, 0.15) is 5.75 Å². The first kappa shape index (κ1) is 16.6. The summed E-state index contributed by atoms with van der Waals surface area (Å²) in [7, 11) is 0. The van der Waals surface area contributed by atoms with Gasteiger partial charge in [0.25, 0.3) is 0 Å². The van der Waals surface area contributed by atoms with E-state index >= 15 is 0 Å². The predicted molar refractivity (Wildman–Crippen MR) is 96.0 cm³/mol. The van der Waals surface area contributed by atoms with E-state index in [1.54, 1.807) is 0 Å². The Morgan fingerprint density at radius 2 is 1.83 bits per heavy atom. The van der Waals surface area contributed by atoms with Crippen LogP contribution in [-0.2, 0) is 16.8 Å². The van der Waals surface area contributed by atoms with Crippen LogP contribution in [0.25, 0.3) is 0 Å². The molecule has 0 atom stereocenters. The SMILES string of the molecule is CCOc1cccc(CNC(=O)C2(c3ccccc3)CCCC2)c1. The van der Waals surface area contributed by atoms with E-state index in [0.29, 0.717) is 13.2 Å². The van der Waals surface area contributed by atoms with Crippen molar-refractivity contribution < 1.29 is 9.53 Å². The van der Waals surface area contributed by atoms with Crippen LogP contribution in [0, 0.1) is 0 Å². The van der Waals surface area contributed by atoms with Gasteiger partial charge in [-0.1, -0.05) is 55.3 Å². The molecule has 1 aliphatic rings. The maximum atomic E-state index is 13.0. The van der Waals surface area contributed by atoms with Crippen molar-refractivity contribution in [3.63, 3.8) is 0 Å². The number of hydrogen-bond acceptors (Lipinski definition) is 2. The van der Waals surface area contributed by atoms with Crippen molar-refractivity contribution in [2.75, 3.05) is 6.61 Å². The molecule has 1 amide bonds. The van der Waals surface area contributed by atoms with Gasteiger partial charge >= 0.3 is 0 Å². The molecule has 0 unspecified atom stereocenters. The Kier molecular flexibility index (Phi) is 5.19. The molecule has 24 heavy (non-hydrogen) atoms. The molecule has 0 spiro atoms. The maximum absolute atomic E-state index is 13.0. The number of rotatable bonds is 6. The number of benzene rings is 2. The lowest BCUT2D eigenvalue weighted by Crippen LogP contribution is -2.42. The topological polar surface area (TPSA) is 38.3 Å². The molecule has 3 heteroatoms. The Labute approximate surface area is 144 Å². The third-order valence-electron chi connectivity index (χ3n) is 4.88. The highest BCUT2D eigenvalue weighted by Crippen LogP contribution is 2.41. The number of carbonyl (C=O) groups is 1. The number of ether oxygens (including phenoxy) is 1. The van der Waals surface area contributed by atoms with Gasteiger partial charge in [-0.3, -0.25) is 4.79 Å². The first-order valence-electron chi connectivity index (χ1n) is 8.80. The van der Waals surface area contributed by atoms with Crippen molar-refractivity contribution in [1.82, 2.24) is 5.32 Å². The molecule has 0 heterocycles. The molecule has 1 aliphatic carbocycles. The second-order valence-electron chi connectivity index (χ2n) is 6.42. The molecule has 3 rings (SSSR count). The van der Waals surface area contributed by atoms with Gasteiger partial charge in [0.05, 0.1) is 12.0 Å². The molecule has 0 aromatic heterocycles. The fourth-order valence-electron chi connectivity index (χ4n) is 3.65. The molecule has 0 aliphatic heterocycles. The normalized spacial score (nSPS) is 15.9. The largest absolute Gasteiger partial charge is 0.494 e. The van der Waals surface area contributed by atoms with Gasteiger partial charge in [-0.15, -0.1) is 0 Å². The number of nitrogens with one attached hydrogen (secondary N) is 1. The lowest BCUT2D eigenvalue weighted by molar-refractivity contribution is -0.126. The average Bonchev–Trinajstić information content (AvgIpc) is 3.12. The summed E-state index contributed by atoms with van der Waals surface area (Å²) in [4.78, 5) is 13.0. The molecule has 2 aromatic carbocycles. The second kappa shape index (κ2) is 7.52. The zero-order valence-corrected chi connectivity index (χ0v) is 14.3. The lowest BCUT2D eigenvalue weighted by Gasteiger charge is -2.28. The zero-order chi connectivity index (χ0) is 16.8. The van der Waals surface area contributed by atoms with Gasteiger partial charge in [-0.2, -0.15) is 0 Å². The Morgan fingerprint density at radius 1 is 1.08 bits per heavy atom. The minimum atomic E-state index is -0.362. The van der Waals surface area contributed by atoms with E-state index < -0.39 is 0 Å². The van der Waals surface area contributed by atoms with Gasteiger partial charge in [0.2, 0.25) is 5.91 Å². The van der Waals surface area contributed by atoms with Crippen molar-refractivity contribution in [2.45, 2.75) is 44.6 Å². The molecule has 0 radical (unpaired) electrons. The Bertz CT molecular complexity index is 675. The average molecular weight is 323 g/mol. The van der Waals surface area contributed by atoms with Crippen LogP contribution in [0.2, 0.25) is 0 Å². The van der Waals surface area contributed by atoms with E-state index in [2.05, 4.69) is 17.4 Å². The van der Waals surface area contributed by atoms with Gasteiger partial charge in [-0.25, -0.2) is 0 Å². The maximum Gasteiger partial charge on any atom is 0.230 e. The third-order valence-corrected chi connectivity index (χ3v) is 4.88. The first-order valence-corrected chi connectivity index (χ1v) is 8.80. The molecule has 0 saturated heterocycles. The predicted octanol–water partition coefficient (Wildman–Crippen LogP) is 4.21. The van der Waals surface area contributed by atoms with Crippen molar-refractivity contribution in [2.24, 2.45) is 0 Å². The molecule has 3 nitrogen and oxygen atoms in total. The van der Waals surface area contributed by atoms with Crippen LogP contribution < -0.4 is 10.1 Å². The van der Waals surface area contributed by atoms with Crippen LogP contribution in [0.15, 0.2) is 54.6 Å². The summed E-state index contributed by atoms with van der Waals surface area (Å²) in [5, 5.41) is 3.16. The van der Waals surface area contributed by atoms with Gasteiger partial charge < -0.3 is 10.1 Å². The molecule has 1 fully saturated rings. The molecule has 1 N–H and O–H groups in total. The Balaban J connectivity index is 1.72. The van der Waals surface area contributed by atoms with Crippen molar-refractivity contribution >= 4 is 5.91 Å². The molecular weight excluding hydrogens is 298 g/mol. The minimum Gasteiger partial charge on any atom is -0.494 e. The molecule has 0 bridgehead atoms. The highest BCUT2D eigenvalue weighted by Gasteiger charge is 2.42. The van der Waals surface area contributed by atoms with Crippen molar-refractivity contribution in [3.05, 3.63) is 65.7 Å². The lowest BCUT2D eigenvalue weighted by atomic mass is 9.78. The van der Waals surface area contributed by atoms with Crippen LogP contribution in [-0.4, -0.2) is 12.5 Å². The summed E-state index contributed by atoms with van der Waals surface area (Å²) in [6.45, 7) is 3.15. The van der Waals surface area contributed by atoms with Crippen molar-refractivity contribution in [3.8, 4) is 5.75 Å². The minimum absolute atomic E-state index is 0.146. The Morgan fingerprint density at radius 3 is 2.54 bits per heavy atom. The third kappa shape index (κ3) is 3.45. The van der Waals surface area contributed by atoms with E-state index in [4.69, 9.17) is 4.74 Å². The highest BCUT2D eigenvalue weighted by atomic mass is 16.5. The quantitative estimate of drug-likeness (QED) is 0.864. The van der Waals surface area contributed by atoms with Gasteiger partial charge in [0.15, 0.2) is 0 Å². The van der Waals surface area contributed by atoms with E-state index in [0.717, 1.165) is 42.6 Å². The zero-order valence-electron chi connectivity index (χ0n) is 14.3. The monoisotopic (exact) mass is 323 g/mol. The van der Waals surface area contributed by atoms with E-state index in [9.17, 15) is 4.79 Å². The summed E-state index contributed by atoms with van der Waals surface area (Å²) in [6, 6.07) is 18.1. The van der Waals surface area contributed by atoms with Crippen LogP contribution in [0.3, 0.4) is 0 Å². The van der Waals surface area contributed by atoms with Gasteiger partial charge in [0, 0.05) is 6.54 Å². The summed E-state index contributed by atoms with van der Waals surface area (Å²) in [5.41, 5.74) is 1.84. The van der Waals surface area contributed by atoms with E-state index in [-0.39, 0.29) is 11.3 Å². The molecule has 1 saturated carbocycles. The summed E-state index contributed by atoms with van der Waals surface area (Å²) >= 11 is 0. The fraction of sp³-hybridized carbons (Fsp3) is 0.381. The van der Waals surface area contributed by atoms with E-state index in [1.165, 1.54) is 0 Å². The standard InChI is InChI=1S/C21H25NO2/c1-2-24-19-12-8-9-17(15-19)16-22-20(23)21(13-6-7-14-21)18-10-4-3-5-11-18/h3-5,8-12,15H,2,6-7,13-14,16H2,1H3,(H,22,23). The van der Waals surface area contributed by atoms with Crippen LogP contribution in [0.1, 0.15) is 43.7 Å². The molecular formula is C21H25NO2. The van der Waals surface area contributed by atoms with E-state index in [1.807, 2.05) is 49.4 Å². The molecule has 2 aromatic rings. The smallest absolute Gasteiger partial charge is 0.230 e. The number of amides is 1. The number of hydrogen-bond donors (Lipinski definition) is 1. The Hall–Kier alpha value is -2.29. The van der Waals surface area contributed by atoms with Crippen molar-refractivity contribution in [1.29, 1.82) is 0 Å². The summed E-state index contributed by atoms with van der Waals surface area (Å²) in [5.74, 6) is 0.996. The van der Waals surface area contributed by atoms with Crippen LogP contribution in [0.5, 0.6) is 5.75 Å². The summed E-state index contributed by atoms with van der Waals surface area (Å²) in [6.07, 6.45) is 4.09. The van der Waals surface area contributed by atoms with Crippen LogP contribution in [0.4, 0.5) is 0 Å². The number of carbonyl (C=O) groups excluding carboxylic acids is 1. The first-order chi connectivity index (χ1) is 11.7. The highest BCUT2D eigenvalue weighted by molar-refractivity contribution is 5.88.